The molecule has 0 bridgehead atoms. The number of thiazole rings is 1. The fraction of sp³-hybridized carbons (Fsp3) is 0.481. The largest absolute Gasteiger partial charge is 0.486 e. The maximum Gasteiger partial charge on any atom is 0.260 e. The van der Waals surface area contributed by atoms with Crippen LogP contribution in [-0.4, -0.2) is 82.0 Å². The second-order valence-electron chi connectivity index (χ2n) is 10.2. The highest BCUT2D eigenvalue weighted by Crippen LogP contribution is 2.39. The Bertz CT molecular complexity index is 1350. The molecule has 9 nitrogen and oxygen atoms in total. The lowest BCUT2D eigenvalue weighted by atomic mass is 10.0. The molecule has 1 fully saturated rings. The van der Waals surface area contributed by atoms with E-state index < -0.39 is 10.0 Å². The zero-order chi connectivity index (χ0) is 26.9. The van der Waals surface area contributed by atoms with Crippen molar-refractivity contribution in [3.63, 3.8) is 0 Å². The second-order valence-corrected chi connectivity index (χ2v) is 13.1. The molecule has 0 saturated carbocycles. The summed E-state index contributed by atoms with van der Waals surface area (Å²) in [4.78, 5) is 22.5. The molecule has 2 aromatic carbocycles. The molecule has 3 heterocycles. The van der Waals surface area contributed by atoms with Crippen LogP contribution in [0.25, 0.3) is 10.2 Å². The molecule has 0 atom stereocenters. The summed E-state index contributed by atoms with van der Waals surface area (Å²) in [5, 5.41) is 0.588. The first-order valence-electron chi connectivity index (χ1n) is 13.0. The van der Waals surface area contributed by atoms with Crippen LogP contribution in [0.4, 0.5) is 5.13 Å². The molecule has 0 N–H and O–H groups in total. The number of hydrogen-bond donors (Lipinski definition) is 0. The first kappa shape index (κ1) is 26.9. The number of benzene rings is 2. The van der Waals surface area contributed by atoms with Crippen LogP contribution in [0.1, 0.15) is 36.5 Å². The van der Waals surface area contributed by atoms with Crippen LogP contribution in [0.5, 0.6) is 11.5 Å². The van der Waals surface area contributed by atoms with Crippen LogP contribution in [0.3, 0.4) is 0 Å². The van der Waals surface area contributed by atoms with E-state index in [1.807, 2.05) is 26.2 Å². The first-order valence-corrected chi connectivity index (χ1v) is 15.2. The van der Waals surface area contributed by atoms with Crippen molar-refractivity contribution >= 4 is 42.6 Å². The Morgan fingerprint density at radius 3 is 2.37 bits per heavy atom. The summed E-state index contributed by atoms with van der Waals surface area (Å²) in [5.74, 6) is 1.67. The maximum absolute atomic E-state index is 13.7. The second kappa shape index (κ2) is 11.2. The van der Waals surface area contributed by atoms with Crippen molar-refractivity contribution in [2.24, 2.45) is 5.92 Å². The predicted octanol–water partition coefficient (Wildman–Crippen LogP) is 4.09. The molecule has 2 aliphatic heterocycles. The molecule has 38 heavy (non-hydrogen) atoms. The molecule has 0 unspecified atom stereocenters. The van der Waals surface area contributed by atoms with E-state index in [2.05, 4.69) is 11.8 Å². The van der Waals surface area contributed by atoms with Crippen molar-refractivity contribution in [2.75, 3.05) is 58.4 Å². The quantitative estimate of drug-likeness (QED) is 0.411. The van der Waals surface area contributed by atoms with Gasteiger partial charge in [-0.3, -0.25) is 9.69 Å². The van der Waals surface area contributed by atoms with Gasteiger partial charge in [0.25, 0.3) is 5.91 Å². The Morgan fingerprint density at radius 2 is 1.71 bits per heavy atom. The molecule has 1 saturated heterocycles. The summed E-state index contributed by atoms with van der Waals surface area (Å²) in [7, 11) is 0.412. The topological polar surface area (TPSA) is 92.3 Å². The van der Waals surface area contributed by atoms with E-state index in [-0.39, 0.29) is 10.8 Å². The van der Waals surface area contributed by atoms with Crippen molar-refractivity contribution in [3.05, 3.63) is 42.0 Å². The highest BCUT2D eigenvalue weighted by atomic mass is 32.2. The molecule has 0 radical (unpaired) electrons. The van der Waals surface area contributed by atoms with Crippen molar-refractivity contribution in [1.29, 1.82) is 0 Å². The third-order valence-electron chi connectivity index (χ3n) is 6.99. The molecule has 11 heteroatoms. The van der Waals surface area contributed by atoms with Gasteiger partial charge in [0, 0.05) is 37.3 Å². The molecular formula is C27H34N4O5S2. The smallest absolute Gasteiger partial charge is 0.260 e. The number of amides is 1. The molecule has 2 aliphatic rings. The van der Waals surface area contributed by atoms with Gasteiger partial charge < -0.3 is 14.4 Å². The summed E-state index contributed by atoms with van der Waals surface area (Å²) < 4.78 is 40.1. The molecule has 204 valence electrons. The van der Waals surface area contributed by atoms with E-state index in [4.69, 9.17) is 14.5 Å². The zero-order valence-electron chi connectivity index (χ0n) is 22.1. The van der Waals surface area contributed by atoms with Crippen LogP contribution in [0, 0.1) is 5.92 Å². The van der Waals surface area contributed by atoms with E-state index in [0.29, 0.717) is 61.0 Å². The lowest BCUT2D eigenvalue weighted by molar-refractivity contribution is 0.0986. The lowest BCUT2D eigenvalue weighted by Gasteiger charge is -2.29. The molecule has 1 aromatic heterocycles. The summed E-state index contributed by atoms with van der Waals surface area (Å²) in [6.07, 6.45) is 2.49. The minimum absolute atomic E-state index is 0.212. The SMILES string of the molecule is CC1CCN(S(=O)(=O)c2ccc(C(=O)N(CCCN(C)C)c3nc4cc5c(cc4s3)OCCO5)cc2)CC1. The fourth-order valence-corrected chi connectivity index (χ4v) is 7.17. The van der Waals surface area contributed by atoms with Gasteiger partial charge >= 0.3 is 0 Å². The van der Waals surface area contributed by atoms with E-state index in [1.165, 1.54) is 11.3 Å². The number of carbonyl (C=O) groups is 1. The Labute approximate surface area is 228 Å². The van der Waals surface area contributed by atoms with E-state index in [1.54, 1.807) is 33.5 Å². The Morgan fingerprint density at radius 1 is 1.05 bits per heavy atom. The summed E-state index contributed by atoms with van der Waals surface area (Å²) in [5.41, 5.74) is 1.17. The first-order chi connectivity index (χ1) is 18.2. The number of nitrogens with zero attached hydrogens (tertiary/aromatic N) is 4. The molecular weight excluding hydrogens is 524 g/mol. The van der Waals surface area contributed by atoms with E-state index >= 15 is 0 Å². The van der Waals surface area contributed by atoms with Crippen LogP contribution >= 0.6 is 11.3 Å². The number of sulfonamides is 1. The highest BCUT2D eigenvalue weighted by molar-refractivity contribution is 7.89. The van der Waals surface area contributed by atoms with Gasteiger partial charge in [0.2, 0.25) is 10.0 Å². The van der Waals surface area contributed by atoms with Gasteiger partial charge in [0.1, 0.15) is 13.2 Å². The third kappa shape index (κ3) is 5.66. The van der Waals surface area contributed by atoms with Crippen LogP contribution in [0.15, 0.2) is 41.3 Å². The summed E-state index contributed by atoms with van der Waals surface area (Å²) in [6.45, 7) is 5.50. The monoisotopic (exact) mass is 558 g/mol. The number of fused-ring (bicyclic) bond motifs is 2. The molecule has 0 aliphatic carbocycles. The number of hydrogen-bond acceptors (Lipinski definition) is 8. The van der Waals surface area contributed by atoms with Gasteiger partial charge in [0.15, 0.2) is 16.6 Å². The number of anilines is 1. The third-order valence-corrected chi connectivity index (χ3v) is 9.94. The minimum Gasteiger partial charge on any atom is -0.486 e. The van der Waals surface area contributed by atoms with Crippen molar-refractivity contribution in [2.45, 2.75) is 31.1 Å². The van der Waals surface area contributed by atoms with Crippen molar-refractivity contribution < 1.29 is 22.7 Å². The van der Waals surface area contributed by atoms with Crippen molar-refractivity contribution in [1.82, 2.24) is 14.2 Å². The van der Waals surface area contributed by atoms with Crippen LogP contribution in [-0.2, 0) is 10.0 Å². The zero-order valence-corrected chi connectivity index (χ0v) is 23.7. The van der Waals surface area contributed by atoms with Gasteiger partial charge in [-0.2, -0.15) is 4.31 Å². The van der Waals surface area contributed by atoms with E-state index in [9.17, 15) is 13.2 Å². The van der Waals surface area contributed by atoms with Crippen LogP contribution < -0.4 is 14.4 Å². The number of rotatable bonds is 8. The van der Waals surface area contributed by atoms with Gasteiger partial charge in [-0.15, -0.1) is 0 Å². The Hall–Kier alpha value is -2.73. The maximum atomic E-state index is 13.7. The molecule has 3 aromatic rings. The summed E-state index contributed by atoms with van der Waals surface area (Å²) in [6, 6.07) is 10.1. The Kier molecular flexibility index (Phi) is 7.90. The number of carbonyl (C=O) groups excluding carboxylic acids is 1. The molecule has 1 amide bonds. The average molecular weight is 559 g/mol. The minimum atomic E-state index is -3.58. The van der Waals surface area contributed by atoms with Crippen LogP contribution in [0.2, 0.25) is 0 Å². The number of piperidine rings is 1. The normalized spacial score (nSPS) is 16.7. The van der Waals surface area contributed by atoms with Gasteiger partial charge in [-0.25, -0.2) is 13.4 Å². The van der Waals surface area contributed by atoms with E-state index in [0.717, 1.165) is 36.0 Å². The molecule has 5 rings (SSSR count). The highest BCUT2D eigenvalue weighted by Gasteiger charge is 2.29. The average Bonchev–Trinajstić information content (AvgIpc) is 3.32. The van der Waals surface area contributed by atoms with Gasteiger partial charge in [0.05, 0.1) is 15.1 Å². The standard InChI is InChI=1S/C27H34N4O5S2/c1-19-9-13-30(14-10-19)38(33,34)21-7-5-20(6-8-21)26(32)31(12-4-11-29(2)3)27-28-22-17-23-24(18-25(22)37-27)36-16-15-35-23/h5-8,17-19H,4,9-16H2,1-3H3. The Balaban J connectivity index is 1.40. The predicted molar refractivity (Wildman–Crippen MR) is 149 cm³/mol. The lowest BCUT2D eigenvalue weighted by Crippen LogP contribution is -2.38. The van der Waals surface area contributed by atoms with Gasteiger partial charge in [-0.05, 0) is 70.1 Å². The summed E-state index contributed by atoms with van der Waals surface area (Å²) >= 11 is 1.43. The number of ether oxygens (including phenoxy) is 2. The number of aromatic nitrogens is 1. The fourth-order valence-electron chi connectivity index (χ4n) is 4.70. The van der Waals surface area contributed by atoms with Crippen molar-refractivity contribution in [3.8, 4) is 11.5 Å². The molecule has 0 spiro atoms. The van der Waals surface area contributed by atoms with Gasteiger partial charge in [-0.1, -0.05) is 18.3 Å².